The molecule has 0 bridgehead atoms. The Kier molecular flexibility index (Phi) is 5.62. The zero-order valence-electron chi connectivity index (χ0n) is 16.0. The first kappa shape index (κ1) is 18.3. The van der Waals surface area contributed by atoms with Gasteiger partial charge in [0.05, 0.1) is 12.6 Å². The summed E-state index contributed by atoms with van der Waals surface area (Å²) < 4.78 is 0. The van der Waals surface area contributed by atoms with Crippen LogP contribution in [0.4, 0.5) is 4.79 Å². The van der Waals surface area contributed by atoms with E-state index in [9.17, 15) is 9.59 Å². The molecule has 1 aliphatic carbocycles. The van der Waals surface area contributed by atoms with Gasteiger partial charge in [-0.1, -0.05) is 30.3 Å². The SMILES string of the molecule is O=C(CN1CCN(C(=O)N[C@@H](c2ccccc2)C2CC2)CC1)N1CCCC1. The van der Waals surface area contributed by atoms with Crippen molar-refractivity contribution in [1.29, 1.82) is 0 Å². The fourth-order valence-corrected chi connectivity index (χ4v) is 4.15. The van der Waals surface area contributed by atoms with Crippen LogP contribution < -0.4 is 5.32 Å². The highest BCUT2D eigenvalue weighted by molar-refractivity contribution is 5.78. The van der Waals surface area contributed by atoms with E-state index >= 15 is 0 Å². The third kappa shape index (κ3) is 4.61. The van der Waals surface area contributed by atoms with Crippen molar-refractivity contribution >= 4 is 11.9 Å². The maximum Gasteiger partial charge on any atom is 0.317 e. The summed E-state index contributed by atoms with van der Waals surface area (Å²) in [6.07, 6.45) is 4.63. The number of hydrogen-bond acceptors (Lipinski definition) is 3. The molecule has 1 aromatic carbocycles. The van der Waals surface area contributed by atoms with Gasteiger partial charge in [0, 0.05) is 39.3 Å². The van der Waals surface area contributed by atoms with E-state index in [1.54, 1.807) is 0 Å². The van der Waals surface area contributed by atoms with Crippen molar-refractivity contribution < 1.29 is 9.59 Å². The molecular formula is C21H30N4O2. The first-order valence-corrected chi connectivity index (χ1v) is 10.3. The van der Waals surface area contributed by atoms with E-state index in [1.807, 2.05) is 28.0 Å². The summed E-state index contributed by atoms with van der Waals surface area (Å²) in [4.78, 5) is 31.1. The maximum absolute atomic E-state index is 12.8. The van der Waals surface area contributed by atoms with Gasteiger partial charge in [-0.25, -0.2) is 4.79 Å². The summed E-state index contributed by atoms with van der Waals surface area (Å²) >= 11 is 0. The van der Waals surface area contributed by atoms with E-state index in [1.165, 1.54) is 18.4 Å². The number of carbonyl (C=O) groups excluding carboxylic acids is 2. The van der Waals surface area contributed by atoms with Crippen LogP contribution >= 0.6 is 0 Å². The lowest BCUT2D eigenvalue weighted by atomic mass is 10.0. The number of nitrogens with one attached hydrogen (secondary N) is 1. The zero-order valence-corrected chi connectivity index (χ0v) is 16.0. The average Bonchev–Trinajstić information content (AvgIpc) is 3.39. The lowest BCUT2D eigenvalue weighted by Gasteiger charge is -2.35. The fourth-order valence-electron chi connectivity index (χ4n) is 4.15. The monoisotopic (exact) mass is 370 g/mol. The van der Waals surface area contributed by atoms with E-state index in [4.69, 9.17) is 0 Å². The molecule has 3 fully saturated rings. The van der Waals surface area contributed by atoms with Crippen LogP contribution in [-0.4, -0.2) is 72.5 Å². The third-order valence-corrected chi connectivity index (χ3v) is 6.01. The minimum atomic E-state index is 0.0290. The van der Waals surface area contributed by atoms with Crippen molar-refractivity contribution in [2.24, 2.45) is 5.92 Å². The molecule has 1 N–H and O–H groups in total. The molecule has 4 rings (SSSR count). The van der Waals surface area contributed by atoms with Gasteiger partial charge in [-0.2, -0.15) is 0 Å². The Bertz CT molecular complexity index is 647. The molecule has 3 amide bonds. The highest BCUT2D eigenvalue weighted by atomic mass is 16.2. The third-order valence-electron chi connectivity index (χ3n) is 6.01. The van der Waals surface area contributed by atoms with Crippen molar-refractivity contribution in [2.75, 3.05) is 45.8 Å². The Morgan fingerprint density at radius 1 is 0.926 bits per heavy atom. The van der Waals surface area contributed by atoms with Gasteiger partial charge in [0.15, 0.2) is 0 Å². The normalized spacial score (nSPS) is 21.9. The zero-order chi connectivity index (χ0) is 18.6. The molecule has 0 radical (unpaired) electrons. The molecule has 0 spiro atoms. The van der Waals surface area contributed by atoms with E-state index in [0.717, 1.165) is 39.0 Å². The number of nitrogens with zero attached hydrogens (tertiary/aromatic N) is 3. The van der Waals surface area contributed by atoms with Gasteiger partial charge in [0.25, 0.3) is 0 Å². The molecule has 0 aromatic heterocycles. The highest BCUT2D eigenvalue weighted by Crippen LogP contribution is 2.41. The molecule has 146 valence electrons. The number of carbonyl (C=O) groups is 2. The van der Waals surface area contributed by atoms with Crippen LogP contribution in [0.1, 0.15) is 37.3 Å². The smallest absolute Gasteiger partial charge is 0.317 e. The fraction of sp³-hybridized carbons (Fsp3) is 0.619. The Hall–Kier alpha value is -2.08. The number of urea groups is 1. The molecule has 1 atom stereocenters. The van der Waals surface area contributed by atoms with Crippen LogP contribution in [0.25, 0.3) is 0 Å². The number of rotatable bonds is 5. The summed E-state index contributed by atoms with van der Waals surface area (Å²) in [5.74, 6) is 0.805. The number of benzene rings is 1. The van der Waals surface area contributed by atoms with Crippen LogP contribution in [0.15, 0.2) is 30.3 Å². The number of amides is 3. The molecule has 1 aromatic rings. The van der Waals surface area contributed by atoms with Gasteiger partial charge in [-0.05, 0) is 37.2 Å². The van der Waals surface area contributed by atoms with Crippen molar-refractivity contribution in [1.82, 2.24) is 20.0 Å². The minimum Gasteiger partial charge on any atom is -0.342 e. The summed E-state index contributed by atoms with van der Waals surface area (Å²) in [6, 6.07) is 10.4. The Labute approximate surface area is 161 Å². The number of likely N-dealkylation sites (tertiary alicyclic amines) is 1. The van der Waals surface area contributed by atoms with Crippen LogP contribution in [0.5, 0.6) is 0 Å². The highest BCUT2D eigenvalue weighted by Gasteiger charge is 2.34. The predicted octanol–water partition coefficient (Wildman–Crippen LogP) is 2.09. The predicted molar refractivity (Wildman–Crippen MR) is 104 cm³/mol. The summed E-state index contributed by atoms with van der Waals surface area (Å²) in [5.41, 5.74) is 1.20. The molecule has 6 nitrogen and oxygen atoms in total. The van der Waals surface area contributed by atoms with Crippen LogP contribution in [0, 0.1) is 5.92 Å². The summed E-state index contributed by atoms with van der Waals surface area (Å²) in [5, 5.41) is 3.26. The maximum atomic E-state index is 12.8. The molecule has 1 saturated carbocycles. The minimum absolute atomic E-state index is 0.0290. The van der Waals surface area contributed by atoms with Gasteiger partial charge in [-0.15, -0.1) is 0 Å². The van der Waals surface area contributed by atoms with E-state index in [2.05, 4.69) is 22.3 Å². The van der Waals surface area contributed by atoms with Crippen molar-refractivity contribution in [3.63, 3.8) is 0 Å². The molecule has 27 heavy (non-hydrogen) atoms. The molecular weight excluding hydrogens is 340 g/mol. The summed E-state index contributed by atoms with van der Waals surface area (Å²) in [6.45, 7) is 5.21. The Balaban J connectivity index is 1.26. The first-order chi connectivity index (χ1) is 13.2. The molecule has 6 heteroatoms. The van der Waals surface area contributed by atoms with Crippen molar-refractivity contribution in [2.45, 2.75) is 31.7 Å². The molecule has 3 aliphatic rings. The lowest BCUT2D eigenvalue weighted by Crippen LogP contribution is -2.54. The van der Waals surface area contributed by atoms with Gasteiger partial charge >= 0.3 is 6.03 Å². The molecule has 2 heterocycles. The number of hydrogen-bond donors (Lipinski definition) is 1. The standard InChI is InChI=1S/C21H30N4O2/c26-19(24-10-4-5-11-24)16-23-12-14-25(15-13-23)21(27)22-20(18-8-9-18)17-6-2-1-3-7-17/h1-3,6-7,18,20H,4-5,8-16H2,(H,22,27)/t20-/m0/s1. The second kappa shape index (κ2) is 8.30. The van der Waals surface area contributed by atoms with Crippen LogP contribution in [-0.2, 0) is 4.79 Å². The number of piperazine rings is 1. The van der Waals surface area contributed by atoms with Crippen molar-refractivity contribution in [3.05, 3.63) is 35.9 Å². The largest absolute Gasteiger partial charge is 0.342 e. The average molecular weight is 370 g/mol. The Morgan fingerprint density at radius 2 is 1.59 bits per heavy atom. The van der Waals surface area contributed by atoms with Gasteiger partial charge in [-0.3, -0.25) is 9.69 Å². The molecule has 2 saturated heterocycles. The molecule has 0 unspecified atom stereocenters. The van der Waals surface area contributed by atoms with Gasteiger partial charge in [0.2, 0.25) is 5.91 Å². The summed E-state index contributed by atoms with van der Waals surface area (Å²) in [7, 11) is 0. The quantitative estimate of drug-likeness (QED) is 0.863. The van der Waals surface area contributed by atoms with Crippen LogP contribution in [0.3, 0.4) is 0 Å². The van der Waals surface area contributed by atoms with E-state index in [0.29, 0.717) is 25.6 Å². The van der Waals surface area contributed by atoms with Crippen LogP contribution in [0.2, 0.25) is 0 Å². The second-order valence-electron chi connectivity index (χ2n) is 8.03. The second-order valence-corrected chi connectivity index (χ2v) is 8.03. The first-order valence-electron chi connectivity index (χ1n) is 10.3. The van der Waals surface area contributed by atoms with Crippen molar-refractivity contribution in [3.8, 4) is 0 Å². The lowest BCUT2D eigenvalue weighted by molar-refractivity contribution is -0.131. The van der Waals surface area contributed by atoms with Gasteiger partial charge < -0.3 is 15.1 Å². The molecule has 2 aliphatic heterocycles. The topological polar surface area (TPSA) is 55.9 Å². The van der Waals surface area contributed by atoms with E-state index < -0.39 is 0 Å². The van der Waals surface area contributed by atoms with E-state index in [-0.39, 0.29) is 18.0 Å². The van der Waals surface area contributed by atoms with Gasteiger partial charge in [0.1, 0.15) is 0 Å². The Morgan fingerprint density at radius 3 is 2.22 bits per heavy atom.